The lowest BCUT2D eigenvalue weighted by molar-refractivity contribution is -0.119. The molecule has 6 nitrogen and oxygen atoms in total. The number of nitrogens with one attached hydrogen (secondary N) is 1. The van der Waals surface area contributed by atoms with Gasteiger partial charge in [-0.15, -0.1) is 0 Å². The van der Waals surface area contributed by atoms with Crippen molar-refractivity contribution in [1.82, 2.24) is 10.2 Å². The molecule has 0 aliphatic carbocycles. The van der Waals surface area contributed by atoms with Crippen molar-refractivity contribution in [2.45, 2.75) is 37.2 Å². The molecule has 0 radical (unpaired) electrons. The maximum absolute atomic E-state index is 13.4. The number of halogens is 1. The van der Waals surface area contributed by atoms with Crippen LogP contribution in [0.3, 0.4) is 0 Å². The van der Waals surface area contributed by atoms with Crippen LogP contribution < -0.4 is 9.62 Å². The molecule has 1 amide bonds. The lowest BCUT2D eigenvalue weighted by atomic mass is 10.1. The van der Waals surface area contributed by atoms with Gasteiger partial charge in [0.2, 0.25) is 5.91 Å². The zero-order valence-corrected chi connectivity index (χ0v) is 20.4. The Kier molecular flexibility index (Phi) is 8.15. The highest BCUT2D eigenvalue weighted by Gasteiger charge is 2.27. The van der Waals surface area contributed by atoms with Gasteiger partial charge in [-0.3, -0.25) is 14.0 Å². The summed E-state index contributed by atoms with van der Waals surface area (Å²) in [4.78, 5) is 15.2. The predicted octanol–water partition coefficient (Wildman–Crippen LogP) is 4.32. The first kappa shape index (κ1) is 24.9. The van der Waals surface area contributed by atoms with E-state index >= 15 is 0 Å². The number of amides is 1. The zero-order chi connectivity index (χ0) is 24.7. The Morgan fingerprint density at radius 2 is 1.57 bits per heavy atom. The van der Waals surface area contributed by atoms with Gasteiger partial charge in [-0.25, -0.2) is 12.8 Å². The molecule has 8 heteroatoms. The summed E-state index contributed by atoms with van der Waals surface area (Å²) in [5.74, 6) is -0.962. The third-order valence-corrected chi connectivity index (χ3v) is 7.86. The number of rotatable bonds is 9. The molecule has 3 aromatic carbocycles. The molecule has 1 saturated heterocycles. The van der Waals surface area contributed by atoms with E-state index in [-0.39, 0.29) is 4.90 Å². The van der Waals surface area contributed by atoms with Gasteiger partial charge in [0.1, 0.15) is 12.4 Å². The van der Waals surface area contributed by atoms with Crippen LogP contribution in [0.1, 0.15) is 30.4 Å². The molecule has 35 heavy (non-hydrogen) atoms. The van der Waals surface area contributed by atoms with Crippen LogP contribution in [0.25, 0.3) is 0 Å². The maximum Gasteiger partial charge on any atom is 0.264 e. The van der Waals surface area contributed by atoms with Gasteiger partial charge >= 0.3 is 0 Å². The molecule has 1 aliphatic heterocycles. The number of sulfonamides is 1. The van der Waals surface area contributed by atoms with Crippen LogP contribution in [0.15, 0.2) is 83.8 Å². The highest BCUT2D eigenvalue weighted by Crippen LogP contribution is 2.23. The predicted molar refractivity (Wildman–Crippen MR) is 135 cm³/mol. The van der Waals surface area contributed by atoms with E-state index in [0.29, 0.717) is 12.2 Å². The number of hydrogen-bond acceptors (Lipinski definition) is 4. The Morgan fingerprint density at radius 3 is 2.29 bits per heavy atom. The van der Waals surface area contributed by atoms with Crippen molar-refractivity contribution < 1.29 is 17.6 Å². The summed E-state index contributed by atoms with van der Waals surface area (Å²) in [6.07, 6.45) is 3.75. The molecule has 1 aliphatic rings. The van der Waals surface area contributed by atoms with Crippen LogP contribution in [0.2, 0.25) is 0 Å². The molecule has 4 rings (SSSR count). The molecule has 0 saturated carbocycles. The van der Waals surface area contributed by atoms with Gasteiger partial charge in [0.15, 0.2) is 0 Å². The molecular formula is C27H30FN3O3S. The van der Waals surface area contributed by atoms with Gasteiger partial charge < -0.3 is 5.32 Å². The van der Waals surface area contributed by atoms with E-state index in [1.807, 2.05) is 12.1 Å². The standard InChI is InChI=1S/C27H30FN3O3S/c28-24-12-14-26(15-13-24)35(33,34)31(25-10-3-1-4-11-25)21-27(32)29-19-22-8-7-9-23(18-22)20-30-16-5-2-6-17-30/h1,3-4,7-15,18H,2,5-6,16-17,19-21H2,(H,29,32). The van der Waals surface area contributed by atoms with E-state index in [1.165, 1.54) is 37.0 Å². The van der Waals surface area contributed by atoms with Crippen molar-refractivity contribution >= 4 is 21.6 Å². The maximum atomic E-state index is 13.4. The average molecular weight is 496 g/mol. The monoisotopic (exact) mass is 495 g/mol. The SMILES string of the molecule is O=C(CN(c1ccccc1)S(=O)(=O)c1ccc(F)cc1)NCc1cccc(CN2CCCCC2)c1. The van der Waals surface area contributed by atoms with Crippen LogP contribution in [-0.2, 0) is 27.9 Å². The summed E-state index contributed by atoms with van der Waals surface area (Å²) in [5, 5.41) is 2.84. The van der Waals surface area contributed by atoms with Gasteiger partial charge in [-0.1, -0.05) is 48.9 Å². The summed E-state index contributed by atoms with van der Waals surface area (Å²) in [5.41, 5.74) is 2.51. The van der Waals surface area contributed by atoms with E-state index in [1.54, 1.807) is 30.3 Å². The molecule has 0 bridgehead atoms. The number of anilines is 1. The Balaban J connectivity index is 1.44. The number of carbonyl (C=O) groups is 1. The van der Waals surface area contributed by atoms with Crippen molar-refractivity contribution in [3.8, 4) is 0 Å². The second kappa shape index (κ2) is 11.5. The minimum Gasteiger partial charge on any atom is -0.350 e. The summed E-state index contributed by atoms with van der Waals surface area (Å²) in [6.45, 7) is 3.01. The van der Waals surface area contributed by atoms with E-state index < -0.39 is 28.3 Å². The Labute approximate surface area is 206 Å². The van der Waals surface area contributed by atoms with Gasteiger partial charge in [0.05, 0.1) is 10.6 Å². The zero-order valence-electron chi connectivity index (χ0n) is 19.6. The van der Waals surface area contributed by atoms with Crippen molar-refractivity contribution in [1.29, 1.82) is 0 Å². The minimum atomic E-state index is -4.07. The minimum absolute atomic E-state index is 0.0824. The number of para-hydroxylation sites is 1. The molecule has 0 atom stereocenters. The number of likely N-dealkylation sites (tertiary alicyclic amines) is 1. The highest BCUT2D eigenvalue weighted by atomic mass is 32.2. The molecular weight excluding hydrogens is 465 g/mol. The Hall–Kier alpha value is -3.23. The summed E-state index contributed by atoms with van der Waals surface area (Å²) in [6, 6.07) is 21.1. The molecule has 1 fully saturated rings. The fourth-order valence-corrected chi connectivity index (χ4v) is 5.66. The van der Waals surface area contributed by atoms with E-state index in [0.717, 1.165) is 41.6 Å². The van der Waals surface area contributed by atoms with Crippen LogP contribution in [0.5, 0.6) is 0 Å². The quantitative estimate of drug-likeness (QED) is 0.480. The molecule has 1 heterocycles. The van der Waals surface area contributed by atoms with Crippen molar-refractivity contribution in [3.05, 3.63) is 95.8 Å². The second-order valence-electron chi connectivity index (χ2n) is 8.73. The summed E-state index contributed by atoms with van der Waals surface area (Å²) in [7, 11) is -4.07. The van der Waals surface area contributed by atoms with Gasteiger partial charge in [0.25, 0.3) is 10.0 Å². The van der Waals surface area contributed by atoms with Crippen molar-refractivity contribution in [2.75, 3.05) is 23.9 Å². The van der Waals surface area contributed by atoms with Crippen LogP contribution >= 0.6 is 0 Å². The van der Waals surface area contributed by atoms with E-state index in [9.17, 15) is 17.6 Å². The smallest absolute Gasteiger partial charge is 0.264 e. The van der Waals surface area contributed by atoms with Crippen LogP contribution in [0, 0.1) is 5.82 Å². The van der Waals surface area contributed by atoms with E-state index in [2.05, 4.69) is 22.3 Å². The molecule has 184 valence electrons. The summed E-state index contributed by atoms with van der Waals surface area (Å²) < 4.78 is 41.0. The lowest BCUT2D eigenvalue weighted by Gasteiger charge is -2.26. The highest BCUT2D eigenvalue weighted by molar-refractivity contribution is 7.92. The van der Waals surface area contributed by atoms with Crippen LogP contribution in [-0.4, -0.2) is 38.9 Å². The number of nitrogens with zero attached hydrogens (tertiary/aromatic N) is 2. The topological polar surface area (TPSA) is 69.7 Å². The van der Waals surface area contributed by atoms with Gasteiger partial charge in [-0.2, -0.15) is 0 Å². The summed E-state index contributed by atoms with van der Waals surface area (Å²) >= 11 is 0. The fraction of sp³-hybridized carbons (Fsp3) is 0.296. The number of carbonyl (C=O) groups excluding carboxylic acids is 1. The van der Waals surface area contributed by atoms with Gasteiger partial charge in [-0.05, 0) is 73.5 Å². The molecule has 0 spiro atoms. The molecule has 3 aromatic rings. The van der Waals surface area contributed by atoms with E-state index in [4.69, 9.17) is 0 Å². The van der Waals surface area contributed by atoms with Crippen LogP contribution in [0.4, 0.5) is 10.1 Å². The lowest BCUT2D eigenvalue weighted by Crippen LogP contribution is -2.40. The number of benzene rings is 3. The molecule has 0 unspecified atom stereocenters. The van der Waals surface area contributed by atoms with Crippen molar-refractivity contribution in [3.63, 3.8) is 0 Å². The fourth-order valence-electron chi connectivity index (χ4n) is 4.24. The largest absolute Gasteiger partial charge is 0.350 e. The first-order valence-corrected chi connectivity index (χ1v) is 13.3. The molecule has 0 aromatic heterocycles. The number of piperidine rings is 1. The Morgan fingerprint density at radius 1 is 0.886 bits per heavy atom. The first-order chi connectivity index (χ1) is 16.9. The third-order valence-electron chi connectivity index (χ3n) is 6.07. The molecule has 1 N–H and O–H groups in total. The number of hydrogen-bond donors (Lipinski definition) is 1. The van der Waals surface area contributed by atoms with Crippen molar-refractivity contribution in [2.24, 2.45) is 0 Å². The van der Waals surface area contributed by atoms with Gasteiger partial charge in [0, 0.05) is 13.1 Å². The average Bonchev–Trinajstić information content (AvgIpc) is 2.87. The normalized spacial score (nSPS) is 14.4. The second-order valence-corrected chi connectivity index (χ2v) is 10.6. The Bertz CT molecular complexity index is 1230. The first-order valence-electron chi connectivity index (χ1n) is 11.8. The third kappa shape index (κ3) is 6.68.